The minimum atomic E-state index is -4.58. The van der Waals surface area contributed by atoms with Crippen LogP contribution >= 0.6 is 11.6 Å². The quantitative estimate of drug-likeness (QED) is 0.619. The van der Waals surface area contributed by atoms with Crippen molar-refractivity contribution < 1.29 is 18.0 Å². The third-order valence-electron chi connectivity index (χ3n) is 4.20. The molecule has 1 aromatic heterocycles. The lowest BCUT2D eigenvalue weighted by molar-refractivity contribution is -0.137. The molecular weight excluding hydrogens is 389 g/mol. The van der Waals surface area contributed by atoms with Gasteiger partial charge in [0.1, 0.15) is 0 Å². The number of amides is 1. The molecule has 0 saturated carbocycles. The molecule has 0 fully saturated rings. The molecule has 0 aliphatic rings. The van der Waals surface area contributed by atoms with E-state index >= 15 is 0 Å². The maximum absolute atomic E-state index is 13.0. The summed E-state index contributed by atoms with van der Waals surface area (Å²) in [5, 5.41) is 3.05. The molecule has 2 aromatic carbocycles. The predicted molar refractivity (Wildman–Crippen MR) is 102 cm³/mol. The van der Waals surface area contributed by atoms with Crippen LogP contribution in [0.1, 0.15) is 21.5 Å². The van der Waals surface area contributed by atoms with Gasteiger partial charge in [0.2, 0.25) is 0 Å². The van der Waals surface area contributed by atoms with Gasteiger partial charge in [-0.15, -0.1) is 0 Å². The van der Waals surface area contributed by atoms with Crippen LogP contribution in [0.15, 0.2) is 67.0 Å². The summed E-state index contributed by atoms with van der Waals surface area (Å²) in [7, 11) is 0. The number of nitrogens with zero attached hydrogens (tertiary/aromatic N) is 1. The Balaban J connectivity index is 1.65. The van der Waals surface area contributed by atoms with Crippen LogP contribution in [0.2, 0.25) is 5.02 Å². The van der Waals surface area contributed by atoms with Crippen LogP contribution in [0.5, 0.6) is 0 Å². The molecule has 0 atom stereocenters. The zero-order valence-corrected chi connectivity index (χ0v) is 15.4. The van der Waals surface area contributed by atoms with Gasteiger partial charge in [-0.1, -0.05) is 41.9 Å². The van der Waals surface area contributed by atoms with Crippen molar-refractivity contribution in [3.63, 3.8) is 0 Å². The molecule has 0 bridgehead atoms. The van der Waals surface area contributed by atoms with Crippen molar-refractivity contribution >= 4 is 17.5 Å². The van der Waals surface area contributed by atoms with E-state index in [1.54, 1.807) is 18.5 Å². The highest BCUT2D eigenvalue weighted by Gasteiger charge is 2.34. The van der Waals surface area contributed by atoms with E-state index in [1.165, 1.54) is 12.1 Å². The first-order chi connectivity index (χ1) is 13.4. The largest absolute Gasteiger partial charge is 0.417 e. The summed E-state index contributed by atoms with van der Waals surface area (Å²) in [6.07, 6.45) is -0.784. The van der Waals surface area contributed by atoms with E-state index in [0.29, 0.717) is 11.4 Å². The van der Waals surface area contributed by atoms with Crippen LogP contribution in [0.4, 0.5) is 13.2 Å². The van der Waals surface area contributed by atoms with Crippen molar-refractivity contribution in [3.05, 3.63) is 88.7 Å². The van der Waals surface area contributed by atoms with Gasteiger partial charge in [-0.2, -0.15) is 13.2 Å². The van der Waals surface area contributed by atoms with Gasteiger partial charge in [-0.05, 0) is 41.8 Å². The van der Waals surface area contributed by atoms with E-state index in [0.717, 1.165) is 28.8 Å². The molecule has 0 spiro atoms. The maximum atomic E-state index is 13.0. The molecule has 3 nitrogen and oxygen atoms in total. The summed E-state index contributed by atoms with van der Waals surface area (Å²) in [6.45, 7) is 0.164. The number of hydrogen-bond donors (Lipinski definition) is 1. The normalized spacial score (nSPS) is 11.3. The van der Waals surface area contributed by atoms with Crippen molar-refractivity contribution in [3.8, 4) is 11.1 Å². The number of aromatic nitrogens is 1. The van der Waals surface area contributed by atoms with Crippen molar-refractivity contribution in [1.29, 1.82) is 0 Å². The zero-order valence-electron chi connectivity index (χ0n) is 14.6. The average Bonchev–Trinajstić information content (AvgIpc) is 2.69. The standard InChI is InChI=1S/C21H16ClF3N2O/c22-19-12-15(16-4-3-10-26-13-16)8-7-14(19)9-11-27-20(28)17-5-1-2-6-18(17)21(23,24)25/h1-8,10,12-13H,9,11H2,(H,27,28). The second-order valence-corrected chi connectivity index (χ2v) is 6.50. The molecule has 0 aliphatic carbocycles. The molecule has 1 N–H and O–H groups in total. The highest BCUT2D eigenvalue weighted by molar-refractivity contribution is 6.31. The molecule has 1 heterocycles. The van der Waals surface area contributed by atoms with E-state index in [2.05, 4.69) is 10.3 Å². The van der Waals surface area contributed by atoms with E-state index in [-0.39, 0.29) is 6.54 Å². The van der Waals surface area contributed by atoms with Gasteiger partial charge in [0.05, 0.1) is 11.1 Å². The Labute approximate surface area is 165 Å². The monoisotopic (exact) mass is 404 g/mol. The smallest absolute Gasteiger partial charge is 0.352 e. The number of carbonyl (C=O) groups is 1. The Bertz CT molecular complexity index is 975. The SMILES string of the molecule is O=C(NCCc1ccc(-c2cccnc2)cc1Cl)c1ccccc1C(F)(F)F. The van der Waals surface area contributed by atoms with E-state index in [9.17, 15) is 18.0 Å². The number of alkyl halides is 3. The van der Waals surface area contributed by atoms with Crippen LogP contribution in [0, 0.1) is 0 Å². The summed E-state index contributed by atoms with van der Waals surface area (Å²) in [5.74, 6) is -0.768. The second-order valence-electron chi connectivity index (χ2n) is 6.10. The highest BCUT2D eigenvalue weighted by atomic mass is 35.5. The molecule has 3 rings (SSSR count). The maximum Gasteiger partial charge on any atom is 0.417 e. The number of halogens is 4. The van der Waals surface area contributed by atoms with Gasteiger partial charge in [0.15, 0.2) is 0 Å². The van der Waals surface area contributed by atoms with Crippen LogP contribution < -0.4 is 5.32 Å². The first-order valence-electron chi connectivity index (χ1n) is 8.49. The molecule has 3 aromatic rings. The molecular formula is C21H16ClF3N2O. The fourth-order valence-electron chi connectivity index (χ4n) is 2.80. The van der Waals surface area contributed by atoms with Gasteiger partial charge in [-0.25, -0.2) is 0 Å². The average molecular weight is 405 g/mol. The van der Waals surface area contributed by atoms with Crippen molar-refractivity contribution in [2.75, 3.05) is 6.54 Å². The lowest BCUT2D eigenvalue weighted by atomic mass is 10.0. The zero-order chi connectivity index (χ0) is 20.1. The Kier molecular flexibility index (Phi) is 5.99. The predicted octanol–water partition coefficient (Wildman–Crippen LogP) is 5.39. The van der Waals surface area contributed by atoms with Gasteiger partial charge < -0.3 is 5.32 Å². The number of hydrogen-bond acceptors (Lipinski definition) is 2. The van der Waals surface area contributed by atoms with Crippen molar-refractivity contribution in [2.45, 2.75) is 12.6 Å². The molecule has 144 valence electrons. The summed E-state index contributed by atoms with van der Waals surface area (Å²) < 4.78 is 39.1. The molecule has 0 saturated heterocycles. The van der Waals surface area contributed by atoms with E-state index in [4.69, 9.17) is 11.6 Å². The summed E-state index contributed by atoms with van der Waals surface area (Å²) in [4.78, 5) is 16.2. The summed E-state index contributed by atoms with van der Waals surface area (Å²) in [5.41, 5.74) is 1.27. The Hall–Kier alpha value is -2.86. The van der Waals surface area contributed by atoms with E-state index in [1.807, 2.05) is 24.3 Å². The number of nitrogens with one attached hydrogen (secondary N) is 1. The van der Waals surface area contributed by atoms with Gasteiger partial charge in [0.25, 0.3) is 5.91 Å². The van der Waals surface area contributed by atoms with Crippen molar-refractivity contribution in [2.24, 2.45) is 0 Å². The fourth-order valence-corrected chi connectivity index (χ4v) is 3.07. The third-order valence-corrected chi connectivity index (χ3v) is 4.56. The first-order valence-corrected chi connectivity index (χ1v) is 8.87. The van der Waals surface area contributed by atoms with Gasteiger partial charge >= 0.3 is 6.18 Å². The number of carbonyl (C=O) groups excluding carboxylic acids is 1. The fraction of sp³-hybridized carbons (Fsp3) is 0.143. The summed E-state index contributed by atoms with van der Waals surface area (Å²) >= 11 is 6.31. The second kappa shape index (κ2) is 8.44. The molecule has 0 radical (unpaired) electrons. The van der Waals surface area contributed by atoms with Crippen molar-refractivity contribution in [1.82, 2.24) is 10.3 Å². The van der Waals surface area contributed by atoms with Gasteiger partial charge in [0, 0.05) is 29.5 Å². The molecule has 28 heavy (non-hydrogen) atoms. The lowest BCUT2D eigenvalue weighted by Crippen LogP contribution is -2.28. The van der Waals surface area contributed by atoms with Crippen LogP contribution in [0.3, 0.4) is 0 Å². The van der Waals surface area contributed by atoms with Gasteiger partial charge in [-0.3, -0.25) is 9.78 Å². The Morgan fingerprint density at radius 1 is 1.04 bits per heavy atom. The van der Waals surface area contributed by atoms with Crippen LogP contribution in [-0.2, 0) is 12.6 Å². The minimum absolute atomic E-state index is 0.164. The summed E-state index contributed by atoms with van der Waals surface area (Å²) in [6, 6.07) is 14.0. The van der Waals surface area contributed by atoms with E-state index < -0.39 is 23.2 Å². The van der Waals surface area contributed by atoms with Crippen LogP contribution in [-0.4, -0.2) is 17.4 Å². The highest BCUT2D eigenvalue weighted by Crippen LogP contribution is 2.31. The number of pyridine rings is 1. The first kappa shape index (κ1) is 19.9. The lowest BCUT2D eigenvalue weighted by Gasteiger charge is -2.13. The third kappa shape index (κ3) is 4.70. The Morgan fingerprint density at radius 3 is 2.50 bits per heavy atom. The number of benzene rings is 2. The number of rotatable bonds is 5. The minimum Gasteiger partial charge on any atom is -0.352 e. The molecule has 0 aliphatic heterocycles. The topological polar surface area (TPSA) is 42.0 Å². The molecule has 1 amide bonds. The Morgan fingerprint density at radius 2 is 1.82 bits per heavy atom. The van der Waals surface area contributed by atoms with Crippen LogP contribution in [0.25, 0.3) is 11.1 Å². The molecule has 7 heteroatoms. The molecule has 0 unspecified atom stereocenters.